The molecule has 1 amide bonds. The monoisotopic (exact) mass is 357 g/mol. The lowest BCUT2D eigenvalue weighted by Crippen LogP contribution is -2.44. The van der Waals surface area contributed by atoms with Gasteiger partial charge in [-0.25, -0.2) is 4.90 Å². The average Bonchev–Trinajstić information content (AvgIpc) is 2.51. The van der Waals surface area contributed by atoms with E-state index in [-0.39, 0.29) is 4.90 Å². The fourth-order valence-corrected chi connectivity index (χ4v) is 2.30. The van der Waals surface area contributed by atoms with Crippen LogP contribution in [0.5, 0.6) is 5.75 Å². The minimum atomic E-state index is -4.79. The van der Waals surface area contributed by atoms with Gasteiger partial charge in [0.1, 0.15) is 5.75 Å². The molecule has 0 atom stereocenters. The molecule has 0 radical (unpaired) electrons. The first-order chi connectivity index (χ1) is 11.3. The lowest BCUT2D eigenvalue weighted by Gasteiger charge is -2.25. The largest absolute Gasteiger partial charge is 0.487 e. The van der Waals surface area contributed by atoms with Gasteiger partial charge in [-0.2, -0.15) is 0 Å². The van der Waals surface area contributed by atoms with Crippen molar-refractivity contribution in [2.45, 2.75) is 19.8 Å². The zero-order valence-corrected chi connectivity index (χ0v) is 13.6. The summed E-state index contributed by atoms with van der Waals surface area (Å²) in [6, 6.07) is 12.6. The number of alkyl halides is 3. The second kappa shape index (κ2) is 7.57. The Morgan fingerprint density at radius 2 is 1.83 bits per heavy atom. The zero-order valence-electron chi connectivity index (χ0n) is 12.8. The third kappa shape index (κ3) is 4.89. The first-order valence-electron chi connectivity index (χ1n) is 7.07. The molecule has 0 aliphatic heterocycles. The summed E-state index contributed by atoms with van der Waals surface area (Å²) in [5.74, 6) is -0.852. The van der Waals surface area contributed by atoms with Crippen molar-refractivity contribution in [3.05, 3.63) is 64.7 Å². The van der Waals surface area contributed by atoms with Crippen LogP contribution in [0.25, 0.3) is 0 Å². The lowest BCUT2D eigenvalue weighted by atomic mass is 10.2. The Kier molecular flexibility index (Phi) is 5.72. The van der Waals surface area contributed by atoms with Crippen LogP contribution in [-0.2, 0) is 11.3 Å². The molecular formula is C17H15ClF3NO2. The Morgan fingerprint density at radius 3 is 2.42 bits per heavy atom. The highest BCUT2D eigenvalue weighted by Gasteiger charge is 2.41. The van der Waals surface area contributed by atoms with Crippen molar-refractivity contribution in [1.29, 1.82) is 0 Å². The van der Waals surface area contributed by atoms with E-state index >= 15 is 0 Å². The van der Waals surface area contributed by atoms with Gasteiger partial charge in [0.2, 0.25) is 0 Å². The van der Waals surface area contributed by atoms with Crippen LogP contribution in [0.4, 0.5) is 13.2 Å². The van der Waals surface area contributed by atoms with Gasteiger partial charge in [-0.15, -0.1) is 13.2 Å². The summed E-state index contributed by atoms with van der Waals surface area (Å²) in [5.41, 5.74) is 1.02. The van der Waals surface area contributed by atoms with Crippen LogP contribution in [0.1, 0.15) is 11.1 Å². The van der Waals surface area contributed by atoms with Crippen molar-refractivity contribution >= 4 is 17.5 Å². The summed E-state index contributed by atoms with van der Waals surface area (Å²) in [7, 11) is 0. The van der Waals surface area contributed by atoms with Crippen molar-refractivity contribution in [2.75, 3.05) is 6.61 Å². The minimum Gasteiger partial charge on any atom is -0.483 e. The molecule has 0 unspecified atom stereocenters. The van der Waals surface area contributed by atoms with Gasteiger partial charge >= 0.3 is 6.30 Å². The van der Waals surface area contributed by atoms with Crippen LogP contribution in [-0.4, -0.2) is 23.7 Å². The molecule has 0 aromatic heterocycles. The maximum absolute atomic E-state index is 13.1. The molecule has 0 heterocycles. The summed E-state index contributed by atoms with van der Waals surface area (Å²) in [6.07, 6.45) is -4.79. The number of hydrogen-bond donors (Lipinski definition) is 0. The number of carbonyl (C=O) groups excluding carboxylic acids is 1. The number of benzene rings is 2. The summed E-state index contributed by atoms with van der Waals surface area (Å²) >= 11 is 5.80. The molecule has 0 aliphatic carbocycles. The maximum Gasteiger partial charge on any atom is 0.487 e. The molecule has 0 saturated heterocycles. The molecule has 3 nitrogen and oxygen atoms in total. The van der Waals surface area contributed by atoms with E-state index in [1.165, 1.54) is 18.2 Å². The molecule has 0 bridgehead atoms. The second-order valence-corrected chi connectivity index (χ2v) is 5.57. The SMILES string of the molecule is Cc1cc(Cl)ccc1OCC(=O)N(Cc1ccccc1)C(F)(F)F. The smallest absolute Gasteiger partial charge is 0.483 e. The van der Waals surface area contributed by atoms with E-state index in [2.05, 4.69) is 0 Å². The summed E-state index contributed by atoms with van der Waals surface area (Å²) in [4.78, 5) is 11.8. The Morgan fingerprint density at radius 1 is 1.17 bits per heavy atom. The minimum absolute atomic E-state index is 0.159. The van der Waals surface area contributed by atoms with Gasteiger partial charge in [-0.05, 0) is 36.2 Å². The molecule has 2 aromatic carbocycles. The van der Waals surface area contributed by atoms with Crippen LogP contribution in [0.3, 0.4) is 0 Å². The van der Waals surface area contributed by atoms with Crippen molar-refractivity contribution in [1.82, 2.24) is 4.90 Å². The molecular weight excluding hydrogens is 343 g/mol. The molecule has 0 spiro atoms. The Balaban J connectivity index is 2.08. The Hall–Kier alpha value is -2.21. The first-order valence-corrected chi connectivity index (χ1v) is 7.45. The van der Waals surface area contributed by atoms with E-state index in [0.717, 1.165) is 0 Å². The van der Waals surface area contributed by atoms with E-state index in [1.54, 1.807) is 37.3 Å². The van der Waals surface area contributed by atoms with Gasteiger partial charge in [0, 0.05) is 5.02 Å². The summed E-state index contributed by atoms with van der Waals surface area (Å²) in [5, 5.41) is 0.479. The molecule has 128 valence electrons. The normalized spacial score (nSPS) is 11.2. The molecule has 7 heteroatoms. The maximum atomic E-state index is 13.1. The number of ether oxygens (including phenoxy) is 1. The molecule has 2 aromatic rings. The molecule has 24 heavy (non-hydrogen) atoms. The van der Waals surface area contributed by atoms with Gasteiger partial charge in [-0.3, -0.25) is 4.79 Å². The van der Waals surface area contributed by atoms with E-state index in [9.17, 15) is 18.0 Å². The number of hydrogen-bond acceptors (Lipinski definition) is 2. The lowest BCUT2D eigenvalue weighted by molar-refractivity contribution is -0.244. The fraction of sp³-hybridized carbons (Fsp3) is 0.235. The number of amides is 1. The molecule has 0 aliphatic rings. The topological polar surface area (TPSA) is 29.5 Å². The number of rotatable bonds is 5. The van der Waals surface area contributed by atoms with Crippen molar-refractivity contribution in [3.63, 3.8) is 0 Å². The van der Waals surface area contributed by atoms with E-state index in [4.69, 9.17) is 16.3 Å². The number of halogens is 4. The van der Waals surface area contributed by atoms with Crippen LogP contribution >= 0.6 is 11.6 Å². The highest BCUT2D eigenvalue weighted by molar-refractivity contribution is 6.30. The third-order valence-corrected chi connectivity index (χ3v) is 3.51. The molecule has 0 N–H and O–H groups in total. The first kappa shape index (κ1) is 18.1. The summed E-state index contributed by atoms with van der Waals surface area (Å²) < 4.78 is 44.7. The second-order valence-electron chi connectivity index (χ2n) is 5.13. The van der Waals surface area contributed by atoms with Gasteiger partial charge in [0.15, 0.2) is 6.61 Å². The van der Waals surface area contributed by atoms with Crippen LogP contribution in [0.2, 0.25) is 5.02 Å². The van der Waals surface area contributed by atoms with E-state index in [1.807, 2.05) is 0 Å². The quantitative estimate of drug-likeness (QED) is 0.733. The predicted molar refractivity (Wildman–Crippen MR) is 84.7 cm³/mol. The Labute approximate surface area is 142 Å². The highest BCUT2D eigenvalue weighted by atomic mass is 35.5. The van der Waals surface area contributed by atoms with Crippen molar-refractivity contribution in [3.8, 4) is 5.75 Å². The fourth-order valence-electron chi connectivity index (χ4n) is 2.08. The van der Waals surface area contributed by atoms with Gasteiger partial charge in [0.05, 0.1) is 6.54 Å². The highest BCUT2D eigenvalue weighted by Crippen LogP contribution is 2.25. The van der Waals surface area contributed by atoms with Gasteiger partial charge in [0.25, 0.3) is 5.91 Å². The molecule has 2 rings (SSSR count). The number of aryl methyl sites for hydroxylation is 1. The van der Waals surface area contributed by atoms with Crippen LogP contribution < -0.4 is 4.74 Å². The van der Waals surface area contributed by atoms with Crippen molar-refractivity contribution < 1.29 is 22.7 Å². The molecule has 0 fully saturated rings. The van der Waals surface area contributed by atoms with E-state index in [0.29, 0.717) is 21.9 Å². The third-order valence-electron chi connectivity index (χ3n) is 3.28. The number of carbonyl (C=O) groups is 1. The van der Waals surface area contributed by atoms with Crippen molar-refractivity contribution in [2.24, 2.45) is 0 Å². The van der Waals surface area contributed by atoms with Crippen LogP contribution in [0, 0.1) is 6.92 Å². The standard InChI is InChI=1S/C17H15ClF3NO2/c1-12-9-14(18)7-8-15(12)24-11-16(23)22(17(19,20)21)10-13-5-3-2-4-6-13/h2-9H,10-11H2,1H3. The zero-order chi connectivity index (χ0) is 17.7. The summed E-state index contributed by atoms with van der Waals surface area (Å²) in [6.45, 7) is 0.415. The van der Waals surface area contributed by atoms with Gasteiger partial charge < -0.3 is 4.74 Å². The van der Waals surface area contributed by atoms with E-state index < -0.39 is 25.4 Å². The molecule has 0 saturated carbocycles. The Bertz CT molecular complexity index is 705. The number of nitrogens with zero attached hydrogens (tertiary/aromatic N) is 1. The van der Waals surface area contributed by atoms with Gasteiger partial charge in [-0.1, -0.05) is 41.9 Å². The average molecular weight is 358 g/mol. The predicted octanol–water partition coefficient (Wildman–Crippen LogP) is 4.58. The van der Waals surface area contributed by atoms with Crippen LogP contribution in [0.15, 0.2) is 48.5 Å².